The normalized spacial score (nSPS) is 13.4. The van der Waals surface area contributed by atoms with Crippen LogP contribution in [0.1, 0.15) is 36.1 Å². The molecule has 18 heteroatoms. The number of rotatable bonds is 18. The highest BCUT2D eigenvalue weighted by Gasteiger charge is 2.32. The number of nitrogens with two attached hydrogens (primary N) is 1. The number of aromatic amines is 2. The third-order valence-electron chi connectivity index (χ3n) is 8.51. The lowest BCUT2D eigenvalue weighted by Crippen LogP contribution is -2.58. The lowest BCUT2D eigenvalue weighted by Gasteiger charge is -2.25. The first-order valence-electron chi connectivity index (χ1n) is 16.8. The number of carbonyl (C=O) groups excluding carboxylic acids is 4. The number of aromatic nitrogens is 3. The summed E-state index contributed by atoms with van der Waals surface area (Å²) in [4.78, 5) is 98.4. The molecule has 0 saturated heterocycles. The van der Waals surface area contributed by atoms with E-state index in [9.17, 15) is 43.8 Å². The van der Waals surface area contributed by atoms with E-state index in [1.165, 1.54) is 24.7 Å². The molecule has 5 aromatic rings. The maximum absolute atomic E-state index is 13.7. The molecule has 0 saturated carbocycles. The summed E-state index contributed by atoms with van der Waals surface area (Å²) in [6.45, 7) is -0.110. The van der Waals surface area contributed by atoms with Crippen molar-refractivity contribution in [3.05, 3.63) is 101 Å². The van der Waals surface area contributed by atoms with Gasteiger partial charge in [-0.3, -0.25) is 28.8 Å². The van der Waals surface area contributed by atoms with E-state index in [1.807, 2.05) is 24.3 Å². The van der Waals surface area contributed by atoms with Crippen LogP contribution in [0.5, 0.6) is 0 Å². The van der Waals surface area contributed by atoms with Gasteiger partial charge in [0.25, 0.3) is 0 Å². The number of imidazole rings is 1. The van der Waals surface area contributed by atoms with Crippen molar-refractivity contribution >= 4 is 57.4 Å². The Bertz CT molecular complexity index is 2210. The van der Waals surface area contributed by atoms with Gasteiger partial charge in [-0.1, -0.05) is 30.3 Å². The number of carbonyl (C=O) groups is 6. The highest BCUT2D eigenvalue weighted by molar-refractivity contribution is 5.96. The van der Waals surface area contributed by atoms with Gasteiger partial charge in [0.1, 0.15) is 23.7 Å². The molecule has 0 aliphatic carbocycles. The third-order valence-corrected chi connectivity index (χ3v) is 8.51. The van der Waals surface area contributed by atoms with Crippen LogP contribution >= 0.6 is 0 Å². The summed E-state index contributed by atoms with van der Waals surface area (Å²) in [7, 11) is 0. The quantitative estimate of drug-likeness (QED) is 0.0545. The highest BCUT2D eigenvalue weighted by atomic mass is 16.4. The van der Waals surface area contributed by atoms with Gasteiger partial charge < -0.3 is 51.6 Å². The maximum Gasteiger partial charge on any atom is 0.336 e. The first-order valence-corrected chi connectivity index (χ1v) is 16.8. The molecular formula is C36H38N8O10. The second kappa shape index (κ2) is 17.6. The number of fused-ring (bicyclic) bond motifs is 2. The highest BCUT2D eigenvalue weighted by Crippen LogP contribution is 2.19. The van der Waals surface area contributed by atoms with Crippen LogP contribution in [-0.2, 0) is 48.2 Å². The first-order chi connectivity index (χ1) is 25.9. The van der Waals surface area contributed by atoms with Crippen molar-refractivity contribution in [1.82, 2.24) is 36.2 Å². The molecule has 0 spiro atoms. The maximum atomic E-state index is 13.7. The average molecular weight is 743 g/mol. The molecule has 54 heavy (non-hydrogen) atoms. The molecule has 10 N–H and O–H groups in total. The molecule has 0 aliphatic heterocycles. The van der Waals surface area contributed by atoms with Crippen LogP contribution in [0.25, 0.3) is 21.9 Å². The van der Waals surface area contributed by atoms with Gasteiger partial charge in [-0.05, 0) is 42.2 Å². The van der Waals surface area contributed by atoms with Gasteiger partial charge in [0, 0.05) is 59.8 Å². The summed E-state index contributed by atoms with van der Waals surface area (Å²) in [6, 6.07) is 9.49. The molecule has 3 heterocycles. The molecule has 3 aromatic heterocycles. The van der Waals surface area contributed by atoms with Crippen molar-refractivity contribution in [1.29, 1.82) is 0 Å². The van der Waals surface area contributed by atoms with Crippen LogP contribution in [0, 0.1) is 0 Å². The van der Waals surface area contributed by atoms with E-state index >= 15 is 0 Å². The van der Waals surface area contributed by atoms with Gasteiger partial charge in [-0.15, -0.1) is 0 Å². The van der Waals surface area contributed by atoms with Crippen LogP contribution < -0.4 is 32.6 Å². The fraction of sp³-hybridized carbons (Fsp3) is 0.278. The van der Waals surface area contributed by atoms with E-state index in [0.29, 0.717) is 16.6 Å². The molecule has 18 nitrogen and oxygen atoms in total. The van der Waals surface area contributed by atoms with Gasteiger partial charge in [-0.2, -0.15) is 0 Å². The van der Waals surface area contributed by atoms with Gasteiger partial charge >= 0.3 is 17.6 Å². The molecule has 282 valence electrons. The third kappa shape index (κ3) is 10.4. The van der Waals surface area contributed by atoms with Gasteiger partial charge in [-0.25, -0.2) is 9.78 Å². The monoisotopic (exact) mass is 742 g/mol. The van der Waals surface area contributed by atoms with E-state index in [4.69, 9.17) is 10.2 Å². The number of carboxylic acid groups (broad SMARTS) is 2. The Morgan fingerprint density at radius 3 is 2.28 bits per heavy atom. The lowest BCUT2D eigenvalue weighted by atomic mass is 10.0. The Kier molecular flexibility index (Phi) is 12.5. The summed E-state index contributed by atoms with van der Waals surface area (Å²) in [6.07, 6.45) is 2.63. The van der Waals surface area contributed by atoms with Crippen molar-refractivity contribution in [2.75, 3.05) is 0 Å². The number of para-hydroxylation sites is 1. The summed E-state index contributed by atoms with van der Waals surface area (Å²) in [5.41, 5.74) is 8.40. The molecule has 2 aromatic carbocycles. The summed E-state index contributed by atoms with van der Waals surface area (Å²) >= 11 is 0. The van der Waals surface area contributed by atoms with Crippen LogP contribution in [-0.4, -0.2) is 84.9 Å². The topological polar surface area (TPSA) is 292 Å². The van der Waals surface area contributed by atoms with Gasteiger partial charge in [0.15, 0.2) is 0 Å². The molecule has 0 radical (unpaired) electrons. The van der Waals surface area contributed by atoms with Gasteiger partial charge in [0.05, 0.1) is 18.8 Å². The van der Waals surface area contributed by atoms with E-state index in [0.717, 1.165) is 16.5 Å². The predicted molar refractivity (Wildman–Crippen MR) is 192 cm³/mol. The zero-order chi connectivity index (χ0) is 38.8. The summed E-state index contributed by atoms with van der Waals surface area (Å²) in [5.74, 6) is -6.13. The van der Waals surface area contributed by atoms with Crippen LogP contribution in [0.3, 0.4) is 0 Å². The Morgan fingerprint density at radius 2 is 1.54 bits per heavy atom. The number of carboxylic acids is 2. The molecule has 0 fully saturated rings. The van der Waals surface area contributed by atoms with Crippen molar-refractivity contribution in [2.45, 2.75) is 62.8 Å². The Morgan fingerprint density at radius 1 is 0.815 bits per heavy atom. The molecule has 0 aliphatic rings. The Hall–Kier alpha value is -6.82. The number of hydrogen-bond acceptors (Lipinski definition) is 10. The smallest absolute Gasteiger partial charge is 0.336 e. The van der Waals surface area contributed by atoms with Crippen molar-refractivity contribution in [3.8, 4) is 0 Å². The minimum atomic E-state index is -1.60. The van der Waals surface area contributed by atoms with E-state index in [-0.39, 0.29) is 31.4 Å². The number of hydrogen-bond donors (Lipinski definition) is 9. The fourth-order valence-electron chi connectivity index (χ4n) is 5.73. The number of H-pyrrole nitrogens is 2. The Labute approximate surface area is 305 Å². The zero-order valence-electron chi connectivity index (χ0n) is 28.7. The van der Waals surface area contributed by atoms with E-state index in [2.05, 4.69) is 36.2 Å². The number of nitrogens with zero attached hydrogens (tertiary/aromatic N) is 1. The molecule has 4 amide bonds. The van der Waals surface area contributed by atoms with Gasteiger partial charge in [0.2, 0.25) is 23.6 Å². The lowest BCUT2D eigenvalue weighted by molar-refractivity contribution is -0.141. The molecule has 5 rings (SSSR count). The largest absolute Gasteiger partial charge is 0.481 e. The Balaban J connectivity index is 1.28. The van der Waals surface area contributed by atoms with E-state index < -0.39 is 78.2 Å². The minimum Gasteiger partial charge on any atom is -0.481 e. The average Bonchev–Trinajstić information content (AvgIpc) is 3.81. The van der Waals surface area contributed by atoms with Crippen LogP contribution in [0.15, 0.2) is 82.5 Å². The standard InChI is InChI=1S/C36H38N8O10/c37-24(12-21-16-39-25-4-2-1-3-23(21)25)33(50)42-26(8-9-30(45)46)35(52)43-27(13-22-17-38-18-41-22)36(53)44-28(14-31(47)48)34(51)40-15-19-5-6-20-7-10-32(49)54-29(20)11-19/h1-7,10-11,16-18,24,26-28,39H,8-9,12-15,37H2,(H,38,41)(H,40,51)(H,42,50)(H,43,52)(H,44,53)(H,45,46)(H,47,48)/t24-,26-,27-,28-/m0/s1. The number of aliphatic carboxylic acids is 2. The minimum absolute atomic E-state index is 0.0955. The van der Waals surface area contributed by atoms with E-state index in [1.54, 1.807) is 24.4 Å². The van der Waals surface area contributed by atoms with Crippen LogP contribution in [0.2, 0.25) is 0 Å². The molecule has 0 unspecified atom stereocenters. The van der Waals surface area contributed by atoms with Crippen molar-refractivity contribution in [2.24, 2.45) is 5.73 Å². The van der Waals surface area contributed by atoms with Crippen LogP contribution in [0.4, 0.5) is 0 Å². The second-order valence-corrected chi connectivity index (χ2v) is 12.5. The van der Waals surface area contributed by atoms with Crippen molar-refractivity contribution < 1.29 is 43.4 Å². The molecular weight excluding hydrogens is 704 g/mol. The predicted octanol–water partition coefficient (Wildman–Crippen LogP) is 0.220. The first kappa shape index (κ1) is 38.4. The zero-order valence-corrected chi connectivity index (χ0v) is 28.7. The number of nitrogens with one attached hydrogen (secondary N) is 6. The SMILES string of the molecule is N[C@@H](Cc1c[nH]c2ccccc12)C(=O)N[C@@H](CCC(=O)O)C(=O)N[C@@H](Cc1cnc[nH]1)C(=O)N[C@@H](CC(=O)O)C(=O)NCc1ccc2ccc(=O)oc2c1. The second-order valence-electron chi connectivity index (χ2n) is 12.5. The molecule has 4 atom stereocenters. The van der Waals surface area contributed by atoms with Crippen molar-refractivity contribution in [3.63, 3.8) is 0 Å². The number of amides is 4. The number of benzene rings is 2. The molecule has 0 bridgehead atoms. The summed E-state index contributed by atoms with van der Waals surface area (Å²) in [5, 5.41) is 30.3. The summed E-state index contributed by atoms with van der Waals surface area (Å²) < 4.78 is 5.17. The fourth-order valence-corrected chi connectivity index (χ4v) is 5.73.